The first-order chi connectivity index (χ1) is 8.72. The van der Waals surface area contributed by atoms with E-state index in [0.717, 1.165) is 35.5 Å². The van der Waals surface area contributed by atoms with Gasteiger partial charge in [-0.25, -0.2) is 0 Å². The molecule has 18 heavy (non-hydrogen) atoms. The summed E-state index contributed by atoms with van der Waals surface area (Å²) in [5.74, 6) is 4.69. The van der Waals surface area contributed by atoms with Gasteiger partial charge in [0.25, 0.3) is 0 Å². The van der Waals surface area contributed by atoms with E-state index in [4.69, 9.17) is 9.47 Å². The smallest absolute Gasteiger partial charge is 0.309 e. The summed E-state index contributed by atoms with van der Waals surface area (Å²) in [4.78, 5) is 24.2. The van der Waals surface area contributed by atoms with Gasteiger partial charge in [0.1, 0.15) is 0 Å². The molecule has 0 heterocycles. The number of ether oxygens (including phenoxy) is 2. The minimum atomic E-state index is -0.215. The second-order valence-corrected chi connectivity index (χ2v) is 6.72. The van der Waals surface area contributed by atoms with E-state index in [0.29, 0.717) is 11.8 Å². The Kier molecular flexibility index (Phi) is 1.42. The van der Waals surface area contributed by atoms with E-state index in [1.165, 1.54) is 14.2 Å². The summed E-state index contributed by atoms with van der Waals surface area (Å²) in [6.45, 7) is 0. The van der Waals surface area contributed by atoms with Crippen molar-refractivity contribution in [2.24, 2.45) is 59.2 Å². The molecule has 0 amide bonds. The van der Waals surface area contributed by atoms with Crippen molar-refractivity contribution in [3.8, 4) is 0 Å². The third kappa shape index (κ3) is 0.733. The molecular formula is C14H16O4. The van der Waals surface area contributed by atoms with Crippen LogP contribution in [0.25, 0.3) is 0 Å². The van der Waals surface area contributed by atoms with E-state index in [1.54, 1.807) is 0 Å². The topological polar surface area (TPSA) is 52.6 Å². The molecule has 6 aliphatic rings. The molecule has 0 radical (unpaired) electrons. The fourth-order valence-corrected chi connectivity index (χ4v) is 6.68. The normalized spacial score (nSPS) is 63.4. The first-order valence-electron chi connectivity index (χ1n) is 6.88. The number of esters is 2. The Balaban J connectivity index is 1.60. The molecule has 0 saturated heterocycles. The summed E-state index contributed by atoms with van der Waals surface area (Å²) >= 11 is 0. The van der Waals surface area contributed by atoms with E-state index in [9.17, 15) is 9.59 Å². The lowest BCUT2D eigenvalue weighted by molar-refractivity contribution is -0.171. The molecule has 0 spiro atoms. The van der Waals surface area contributed by atoms with E-state index in [-0.39, 0.29) is 23.8 Å². The van der Waals surface area contributed by atoms with Gasteiger partial charge >= 0.3 is 11.9 Å². The van der Waals surface area contributed by atoms with Gasteiger partial charge < -0.3 is 9.47 Å². The molecule has 6 fully saturated rings. The van der Waals surface area contributed by atoms with Crippen molar-refractivity contribution in [1.82, 2.24) is 0 Å². The Morgan fingerprint density at radius 2 is 0.889 bits per heavy atom. The summed E-state index contributed by atoms with van der Waals surface area (Å²) < 4.78 is 9.93. The van der Waals surface area contributed by atoms with Crippen molar-refractivity contribution < 1.29 is 19.1 Å². The second-order valence-electron chi connectivity index (χ2n) is 6.72. The van der Waals surface area contributed by atoms with Crippen LogP contribution in [0.4, 0.5) is 0 Å². The summed E-state index contributed by atoms with van der Waals surface area (Å²) in [5, 5.41) is 0. The number of methoxy groups -OCH3 is 2. The molecule has 0 N–H and O–H groups in total. The highest BCUT2D eigenvalue weighted by atomic mass is 16.5. The molecule has 0 aromatic rings. The van der Waals surface area contributed by atoms with Gasteiger partial charge in [-0.1, -0.05) is 0 Å². The predicted octanol–water partition coefficient (Wildman–Crippen LogP) is 0.562. The van der Waals surface area contributed by atoms with Crippen LogP contribution in [-0.4, -0.2) is 26.2 Å². The van der Waals surface area contributed by atoms with Crippen LogP contribution in [0.1, 0.15) is 0 Å². The van der Waals surface area contributed by atoms with Gasteiger partial charge in [0.05, 0.1) is 26.1 Å². The minimum absolute atomic E-state index is 0.185. The minimum Gasteiger partial charge on any atom is -0.469 e. The number of hydrogen-bond donors (Lipinski definition) is 0. The maximum Gasteiger partial charge on any atom is 0.309 e. The summed E-state index contributed by atoms with van der Waals surface area (Å²) in [5.41, 5.74) is 0. The molecule has 10 atom stereocenters. The molecule has 4 nitrogen and oxygen atoms in total. The zero-order valence-corrected chi connectivity index (χ0v) is 10.4. The lowest BCUT2D eigenvalue weighted by Crippen LogP contribution is -2.51. The third-order valence-corrected chi connectivity index (χ3v) is 6.77. The standard InChI is InChI=1S/C14H16O4/c1-17-13(15)11-9-5-3-4-6(9)8(4)10(7(3)5)12(11)14(16)18-2/h3-12H,1-2H3/t3?,4?,5-,6-,7-,8+,9?,10?,11+,12-/m0/s1. The first-order valence-corrected chi connectivity index (χ1v) is 6.88. The maximum absolute atomic E-state index is 12.1. The quantitative estimate of drug-likeness (QED) is 0.670. The molecule has 4 heteroatoms. The Morgan fingerprint density at radius 3 is 1.17 bits per heavy atom. The molecule has 2 bridgehead atoms. The fraction of sp³-hybridized carbons (Fsp3) is 0.857. The maximum atomic E-state index is 12.1. The fourth-order valence-electron chi connectivity index (χ4n) is 6.68. The number of carbonyl (C=O) groups is 2. The van der Waals surface area contributed by atoms with Gasteiger partial charge in [0.15, 0.2) is 0 Å². The van der Waals surface area contributed by atoms with Crippen LogP contribution in [0, 0.1) is 59.2 Å². The van der Waals surface area contributed by atoms with Crippen LogP contribution >= 0.6 is 0 Å². The number of rotatable bonds is 2. The Labute approximate surface area is 105 Å². The number of carbonyl (C=O) groups excluding carboxylic acids is 2. The largest absolute Gasteiger partial charge is 0.469 e. The Hall–Kier alpha value is -1.06. The van der Waals surface area contributed by atoms with Crippen LogP contribution in [0.2, 0.25) is 0 Å². The van der Waals surface area contributed by atoms with Crippen molar-refractivity contribution in [2.75, 3.05) is 14.2 Å². The molecular weight excluding hydrogens is 232 g/mol. The summed E-state index contributed by atoms with van der Waals surface area (Å²) in [6, 6.07) is 0. The number of fused-ring (bicyclic) bond motifs is 1. The monoisotopic (exact) mass is 248 g/mol. The molecule has 4 unspecified atom stereocenters. The average molecular weight is 248 g/mol. The highest BCUT2D eigenvalue weighted by Gasteiger charge is 2.92. The van der Waals surface area contributed by atoms with Crippen molar-refractivity contribution in [1.29, 1.82) is 0 Å². The van der Waals surface area contributed by atoms with Crippen LogP contribution in [0.15, 0.2) is 0 Å². The Bertz CT molecular complexity index is 422. The van der Waals surface area contributed by atoms with Gasteiger partial charge in [0, 0.05) is 0 Å². The average Bonchev–Trinajstić information content (AvgIpc) is 3.24. The predicted molar refractivity (Wildman–Crippen MR) is 58.9 cm³/mol. The van der Waals surface area contributed by atoms with Gasteiger partial charge in [0.2, 0.25) is 0 Å². The van der Waals surface area contributed by atoms with E-state index in [2.05, 4.69) is 0 Å². The molecule has 0 aromatic heterocycles. The highest BCUT2D eigenvalue weighted by Crippen LogP contribution is 2.93. The van der Waals surface area contributed by atoms with Crippen molar-refractivity contribution >= 4 is 11.9 Å². The highest BCUT2D eigenvalue weighted by molar-refractivity contribution is 5.84. The first kappa shape index (κ1) is 9.82. The zero-order valence-electron chi connectivity index (χ0n) is 10.4. The molecule has 0 aliphatic heterocycles. The van der Waals surface area contributed by atoms with Crippen LogP contribution in [0.3, 0.4) is 0 Å². The van der Waals surface area contributed by atoms with Gasteiger partial charge in [-0.15, -0.1) is 0 Å². The zero-order chi connectivity index (χ0) is 12.3. The van der Waals surface area contributed by atoms with E-state index in [1.807, 2.05) is 0 Å². The Morgan fingerprint density at radius 1 is 0.611 bits per heavy atom. The molecule has 96 valence electrons. The number of hydrogen-bond acceptors (Lipinski definition) is 4. The van der Waals surface area contributed by atoms with Crippen LogP contribution in [0.5, 0.6) is 0 Å². The van der Waals surface area contributed by atoms with E-state index >= 15 is 0 Å². The molecule has 6 aliphatic carbocycles. The van der Waals surface area contributed by atoms with Crippen LogP contribution < -0.4 is 0 Å². The van der Waals surface area contributed by atoms with Crippen molar-refractivity contribution in [2.45, 2.75) is 0 Å². The van der Waals surface area contributed by atoms with E-state index < -0.39 is 0 Å². The summed E-state index contributed by atoms with van der Waals surface area (Å²) in [6.07, 6.45) is 0. The van der Waals surface area contributed by atoms with Gasteiger partial charge in [-0.2, -0.15) is 0 Å². The summed E-state index contributed by atoms with van der Waals surface area (Å²) in [7, 11) is 2.86. The third-order valence-electron chi connectivity index (χ3n) is 6.77. The van der Waals surface area contributed by atoms with Gasteiger partial charge in [-0.05, 0) is 47.3 Å². The van der Waals surface area contributed by atoms with Gasteiger partial charge in [-0.3, -0.25) is 9.59 Å². The van der Waals surface area contributed by atoms with Crippen molar-refractivity contribution in [3.05, 3.63) is 0 Å². The molecule has 6 rings (SSSR count). The molecule has 0 aromatic carbocycles. The lowest BCUT2D eigenvalue weighted by atomic mass is 9.58. The van der Waals surface area contributed by atoms with Crippen molar-refractivity contribution in [3.63, 3.8) is 0 Å². The second kappa shape index (κ2) is 2.61. The SMILES string of the molecule is COC(=O)[C@@H]1C2[C@H]3C4C5[C@H]2[C@@H]5C([C@@H]43)[C@@H]1C(=O)OC. The lowest BCUT2D eigenvalue weighted by Gasteiger charge is -2.44. The van der Waals surface area contributed by atoms with Crippen LogP contribution in [-0.2, 0) is 19.1 Å². The molecule has 6 saturated carbocycles.